The number of benzene rings is 2. The molecule has 2 aromatic rings. The summed E-state index contributed by atoms with van der Waals surface area (Å²) < 4.78 is 26.3. The molecule has 1 N–H and O–H groups in total. The van der Waals surface area contributed by atoms with Crippen LogP contribution in [0, 0.1) is 0 Å². The van der Waals surface area contributed by atoms with E-state index < -0.39 is 34.4 Å². The van der Waals surface area contributed by atoms with Crippen LogP contribution in [0.4, 0.5) is 5.69 Å². The molecule has 0 aliphatic rings. The van der Waals surface area contributed by atoms with Gasteiger partial charge in [0.1, 0.15) is 12.6 Å². The molecule has 0 saturated heterocycles. The van der Waals surface area contributed by atoms with Gasteiger partial charge in [-0.1, -0.05) is 48.3 Å². The van der Waals surface area contributed by atoms with Gasteiger partial charge in [0.2, 0.25) is 21.8 Å². The largest absolute Gasteiger partial charge is 0.352 e. The molecule has 0 radical (unpaired) electrons. The summed E-state index contributed by atoms with van der Waals surface area (Å²) in [6.45, 7) is 5.97. The maximum atomic E-state index is 13.6. The molecule has 0 spiro atoms. The van der Waals surface area contributed by atoms with Gasteiger partial charge in [-0.3, -0.25) is 18.7 Å². The number of anilines is 1. The first kappa shape index (κ1) is 29.6. The minimum Gasteiger partial charge on any atom is -0.352 e. The van der Waals surface area contributed by atoms with E-state index in [-0.39, 0.29) is 24.1 Å². The fourth-order valence-corrected chi connectivity index (χ4v) is 4.75. The zero-order valence-electron chi connectivity index (χ0n) is 20.9. The zero-order chi connectivity index (χ0) is 27.2. The van der Waals surface area contributed by atoms with Crippen molar-refractivity contribution in [2.45, 2.75) is 52.7 Å². The van der Waals surface area contributed by atoms with Crippen LogP contribution in [0.15, 0.2) is 42.5 Å². The molecule has 36 heavy (non-hydrogen) atoms. The molecule has 0 aliphatic carbocycles. The van der Waals surface area contributed by atoms with Crippen LogP contribution >= 0.6 is 23.2 Å². The monoisotopic (exact) mass is 555 g/mol. The van der Waals surface area contributed by atoms with Crippen molar-refractivity contribution in [1.82, 2.24) is 10.2 Å². The van der Waals surface area contributed by atoms with E-state index in [0.29, 0.717) is 27.6 Å². The third-order valence-electron chi connectivity index (χ3n) is 5.78. The van der Waals surface area contributed by atoms with E-state index >= 15 is 0 Å². The van der Waals surface area contributed by atoms with E-state index in [1.165, 1.54) is 30.0 Å². The molecular formula is C25H31Cl2N3O5S. The Balaban J connectivity index is 2.48. The average Bonchev–Trinajstić information content (AvgIpc) is 2.81. The van der Waals surface area contributed by atoms with Gasteiger partial charge >= 0.3 is 0 Å². The number of carbonyl (C=O) groups excluding carboxylic acids is 3. The summed E-state index contributed by atoms with van der Waals surface area (Å²) in [4.78, 5) is 39.6. The van der Waals surface area contributed by atoms with Crippen LogP contribution in [-0.4, -0.2) is 55.8 Å². The third-order valence-corrected chi connectivity index (χ3v) is 7.63. The lowest BCUT2D eigenvalue weighted by Crippen LogP contribution is -2.52. The number of amides is 2. The molecule has 196 valence electrons. The van der Waals surface area contributed by atoms with Gasteiger partial charge in [0, 0.05) is 33.8 Å². The maximum absolute atomic E-state index is 13.6. The van der Waals surface area contributed by atoms with Gasteiger partial charge < -0.3 is 10.2 Å². The highest BCUT2D eigenvalue weighted by atomic mass is 35.5. The second kappa shape index (κ2) is 12.6. The number of Topliss-reactive ketones (excluding diaryl/α,β-unsaturated/α-hetero) is 1. The van der Waals surface area contributed by atoms with Crippen LogP contribution in [0.5, 0.6) is 0 Å². The summed E-state index contributed by atoms with van der Waals surface area (Å²) in [6, 6.07) is 9.81. The number of ketones is 1. The van der Waals surface area contributed by atoms with Crippen molar-refractivity contribution in [2.75, 3.05) is 17.1 Å². The molecule has 2 atom stereocenters. The molecule has 2 aromatic carbocycles. The predicted molar refractivity (Wildman–Crippen MR) is 143 cm³/mol. The molecule has 2 amide bonds. The molecule has 2 rings (SSSR count). The fraction of sp³-hybridized carbons (Fsp3) is 0.400. The molecule has 0 heterocycles. The van der Waals surface area contributed by atoms with Crippen molar-refractivity contribution in [3.05, 3.63) is 63.6 Å². The lowest BCUT2D eigenvalue weighted by molar-refractivity contribution is -0.139. The lowest BCUT2D eigenvalue weighted by Gasteiger charge is -2.32. The fourth-order valence-electron chi connectivity index (χ4n) is 3.40. The number of sulfonamides is 1. The zero-order valence-corrected chi connectivity index (χ0v) is 23.2. The minimum absolute atomic E-state index is 0.114. The number of nitrogens with zero attached hydrogens (tertiary/aromatic N) is 2. The van der Waals surface area contributed by atoms with Crippen LogP contribution in [0.1, 0.15) is 50.0 Å². The summed E-state index contributed by atoms with van der Waals surface area (Å²) in [5, 5.41) is 3.47. The quantitative estimate of drug-likeness (QED) is 0.416. The number of hydrogen-bond acceptors (Lipinski definition) is 5. The second-order valence-electron chi connectivity index (χ2n) is 8.59. The van der Waals surface area contributed by atoms with Crippen LogP contribution in [0.3, 0.4) is 0 Å². The number of halogens is 2. The Labute approximate surface area is 222 Å². The standard InChI is InChI=1S/C25H31Cl2N3O5S/c1-6-16(2)28-25(33)17(3)29(14-21-22(26)11-8-12-23(21)27)24(32)15-30(36(5,34)35)20-10-7-9-19(13-20)18(4)31/h7-13,16-17H,6,14-15H2,1-5H3,(H,28,33)/t16-,17+/m0/s1. The summed E-state index contributed by atoms with van der Waals surface area (Å²) in [6.07, 6.45) is 1.66. The van der Waals surface area contributed by atoms with Gasteiger partial charge in [0.05, 0.1) is 11.9 Å². The molecule has 11 heteroatoms. The van der Waals surface area contributed by atoms with Gasteiger partial charge in [-0.15, -0.1) is 0 Å². The van der Waals surface area contributed by atoms with E-state index in [4.69, 9.17) is 23.2 Å². The maximum Gasteiger partial charge on any atom is 0.244 e. The van der Waals surface area contributed by atoms with Crippen LogP contribution in [0.25, 0.3) is 0 Å². The van der Waals surface area contributed by atoms with Crippen molar-refractivity contribution in [3.63, 3.8) is 0 Å². The second-order valence-corrected chi connectivity index (χ2v) is 11.3. The topological polar surface area (TPSA) is 104 Å². The van der Waals surface area contributed by atoms with Crippen LogP contribution in [0.2, 0.25) is 10.0 Å². The van der Waals surface area contributed by atoms with Gasteiger partial charge in [0.25, 0.3) is 0 Å². The molecule has 0 bridgehead atoms. The Morgan fingerprint density at radius 1 is 1.03 bits per heavy atom. The molecule has 0 aromatic heterocycles. The normalized spacial score (nSPS) is 13.0. The number of carbonyl (C=O) groups is 3. The SMILES string of the molecule is CC[C@H](C)NC(=O)[C@@H](C)N(Cc1c(Cl)cccc1Cl)C(=O)CN(c1cccc(C(C)=O)c1)S(C)(=O)=O. The Morgan fingerprint density at radius 2 is 1.61 bits per heavy atom. The smallest absolute Gasteiger partial charge is 0.244 e. The molecule has 0 aliphatic heterocycles. The Kier molecular flexibility index (Phi) is 10.3. The lowest BCUT2D eigenvalue weighted by atomic mass is 10.1. The first-order valence-corrected chi connectivity index (χ1v) is 14.0. The third kappa shape index (κ3) is 7.69. The number of nitrogens with one attached hydrogen (secondary N) is 1. The molecular weight excluding hydrogens is 525 g/mol. The van der Waals surface area contributed by atoms with E-state index in [0.717, 1.165) is 10.6 Å². The summed E-state index contributed by atoms with van der Waals surface area (Å²) >= 11 is 12.7. The van der Waals surface area contributed by atoms with Gasteiger partial charge in [0.15, 0.2) is 5.78 Å². The average molecular weight is 557 g/mol. The Bertz CT molecular complexity index is 1220. The molecule has 8 nitrogen and oxygen atoms in total. The van der Waals surface area contributed by atoms with Crippen molar-refractivity contribution >= 4 is 56.5 Å². The van der Waals surface area contributed by atoms with Gasteiger partial charge in [-0.2, -0.15) is 0 Å². The number of hydrogen-bond donors (Lipinski definition) is 1. The van der Waals surface area contributed by atoms with Crippen molar-refractivity contribution in [1.29, 1.82) is 0 Å². The Morgan fingerprint density at radius 3 is 2.14 bits per heavy atom. The van der Waals surface area contributed by atoms with E-state index in [9.17, 15) is 22.8 Å². The highest BCUT2D eigenvalue weighted by Crippen LogP contribution is 2.27. The van der Waals surface area contributed by atoms with E-state index in [2.05, 4.69) is 5.32 Å². The molecule has 0 saturated carbocycles. The van der Waals surface area contributed by atoms with Gasteiger partial charge in [-0.25, -0.2) is 8.42 Å². The summed E-state index contributed by atoms with van der Waals surface area (Å²) in [7, 11) is -3.93. The van der Waals surface area contributed by atoms with Gasteiger partial charge in [-0.05, 0) is 51.5 Å². The first-order chi connectivity index (χ1) is 16.8. The van der Waals surface area contributed by atoms with Crippen molar-refractivity contribution in [3.8, 4) is 0 Å². The number of rotatable bonds is 11. The highest BCUT2D eigenvalue weighted by molar-refractivity contribution is 7.92. The van der Waals surface area contributed by atoms with Crippen molar-refractivity contribution in [2.24, 2.45) is 0 Å². The molecule has 0 unspecified atom stereocenters. The van der Waals surface area contributed by atoms with Crippen LogP contribution in [-0.2, 0) is 26.2 Å². The highest BCUT2D eigenvalue weighted by Gasteiger charge is 2.31. The minimum atomic E-state index is -3.93. The van der Waals surface area contributed by atoms with E-state index in [1.807, 2.05) is 13.8 Å². The summed E-state index contributed by atoms with van der Waals surface area (Å²) in [5.74, 6) is -1.29. The Hall–Kier alpha value is -2.62. The van der Waals surface area contributed by atoms with Crippen molar-refractivity contribution < 1.29 is 22.8 Å². The van der Waals surface area contributed by atoms with Crippen LogP contribution < -0.4 is 9.62 Å². The predicted octanol–water partition coefficient (Wildman–Crippen LogP) is 4.29. The van der Waals surface area contributed by atoms with E-state index in [1.54, 1.807) is 31.2 Å². The molecule has 0 fully saturated rings. The summed E-state index contributed by atoms with van der Waals surface area (Å²) in [5.41, 5.74) is 0.891. The first-order valence-electron chi connectivity index (χ1n) is 11.4.